The quantitative estimate of drug-likeness (QED) is 0.0742. The number of nitriles is 1. The lowest BCUT2D eigenvalue weighted by atomic mass is 10.1. The molecule has 0 atom stereocenters. The van der Waals surface area contributed by atoms with E-state index in [2.05, 4.69) is 54.8 Å². The molecular formula is C35H38N8O5S3. The van der Waals surface area contributed by atoms with E-state index in [1.807, 2.05) is 37.4 Å². The van der Waals surface area contributed by atoms with E-state index < -0.39 is 27.7 Å². The monoisotopic (exact) mass is 746 g/mol. The molecule has 266 valence electrons. The van der Waals surface area contributed by atoms with Crippen molar-refractivity contribution < 1.29 is 23.8 Å². The van der Waals surface area contributed by atoms with Gasteiger partial charge in [-0.3, -0.25) is 0 Å². The second-order valence-corrected chi connectivity index (χ2v) is 18.8. The summed E-state index contributed by atoms with van der Waals surface area (Å²) in [4.78, 5) is 48.2. The Morgan fingerprint density at radius 3 is 2.53 bits per heavy atom. The number of nitrogens with two attached hydrogens (primary N) is 1. The summed E-state index contributed by atoms with van der Waals surface area (Å²) >= 11 is 3.28. The summed E-state index contributed by atoms with van der Waals surface area (Å²) < 4.78 is 16.7. The van der Waals surface area contributed by atoms with Crippen LogP contribution in [0.1, 0.15) is 36.8 Å². The van der Waals surface area contributed by atoms with Gasteiger partial charge in [-0.25, -0.2) is 14.6 Å². The van der Waals surface area contributed by atoms with Crippen LogP contribution in [-0.2, 0) is 27.4 Å². The molecule has 1 aromatic carbocycles. The summed E-state index contributed by atoms with van der Waals surface area (Å²) in [6.45, 7) is 6.65. The Hall–Kier alpha value is -5.11. The van der Waals surface area contributed by atoms with Crippen molar-refractivity contribution in [3.63, 3.8) is 0 Å². The third-order valence-corrected chi connectivity index (χ3v) is 13.5. The fraction of sp³-hybridized carbons (Fsp3) is 0.314. The molecular weight excluding hydrogens is 709 g/mol. The van der Waals surface area contributed by atoms with Crippen molar-refractivity contribution in [2.75, 3.05) is 43.3 Å². The Labute approximate surface area is 304 Å². The molecule has 16 heteroatoms. The highest BCUT2D eigenvalue weighted by Gasteiger charge is 2.36. The number of carbonyl (C=O) groups is 2. The predicted octanol–water partition coefficient (Wildman–Crippen LogP) is 6.71. The number of anilines is 2. The zero-order valence-corrected chi connectivity index (χ0v) is 31.5. The number of esters is 1. The van der Waals surface area contributed by atoms with Gasteiger partial charge in [0.05, 0.1) is 27.6 Å². The number of nitrogen functional groups attached to an aromatic ring is 1. The first-order valence-electron chi connectivity index (χ1n) is 15.9. The van der Waals surface area contributed by atoms with Crippen LogP contribution in [0.3, 0.4) is 0 Å². The van der Waals surface area contributed by atoms with Crippen LogP contribution >= 0.6 is 32.7 Å². The second-order valence-electron chi connectivity index (χ2n) is 13.1. The largest absolute Gasteiger partial charge is 0.471 e. The van der Waals surface area contributed by atoms with E-state index in [9.17, 15) is 14.9 Å². The number of likely N-dealkylation sites (N-methyl/N-ethyl adjacent to an activating group) is 1. The lowest BCUT2D eigenvalue weighted by molar-refractivity contribution is -0.149. The number of fused-ring (bicyclic) bond motifs is 4. The number of rotatable bonds is 11. The van der Waals surface area contributed by atoms with Crippen LogP contribution < -0.4 is 20.7 Å². The van der Waals surface area contributed by atoms with Crippen molar-refractivity contribution in [3.05, 3.63) is 64.3 Å². The molecule has 0 radical (unpaired) electrons. The van der Waals surface area contributed by atoms with E-state index in [-0.39, 0.29) is 24.7 Å². The van der Waals surface area contributed by atoms with Gasteiger partial charge < -0.3 is 35.1 Å². The molecule has 1 aliphatic rings. The Bertz CT molecular complexity index is 2170. The molecule has 0 aliphatic carbocycles. The molecule has 4 aromatic heterocycles. The maximum Gasteiger partial charge on any atom is 0.407 e. The molecule has 1 amide bonds. The second kappa shape index (κ2) is 14.3. The van der Waals surface area contributed by atoms with Gasteiger partial charge in [0.1, 0.15) is 30.5 Å². The molecule has 0 spiro atoms. The summed E-state index contributed by atoms with van der Waals surface area (Å²) in [5, 5.41) is 13.5. The highest BCUT2D eigenvalue weighted by Crippen LogP contribution is 2.71. The number of benzene rings is 1. The summed E-state index contributed by atoms with van der Waals surface area (Å²) in [5.74, 6) is -0.224. The third kappa shape index (κ3) is 7.95. The van der Waals surface area contributed by atoms with E-state index >= 15 is 0 Å². The van der Waals surface area contributed by atoms with Crippen LogP contribution in [0.15, 0.2) is 58.1 Å². The minimum Gasteiger partial charge on any atom is -0.471 e. The molecule has 0 fully saturated rings. The molecule has 0 bridgehead atoms. The van der Waals surface area contributed by atoms with Crippen LogP contribution in [0.2, 0.25) is 0 Å². The highest BCUT2D eigenvalue weighted by atomic mass is 32.3. The lowest BCUT2D eigenvalue weighted by Gasteiger charge is -2.26. The van der Waals surface area contributed by atoms with Gasteiger partial charge in [-0.2, -0.15) is 25.3 Å². The first kappa shape index (κ1) is 35.7. The minimum atomic E-state index is -1.29. The van der Waals surface area contributed by atoms with E-state index in [1.165, 1.54) is 25.9 Å². The number of aromatic nitrogens is 4. The molecule has 51 heavy (non-hydrogen) atoms. The number of hydrogen-bond donors (Lipinski definition) is 3. The van der Waals surface area contributed by atoms with E-state index in [4.69, 9.17) is 19.9 Å². The van der Waals surface area contributed by atoms with Crippen molar-refractivity contribution in [1.29, 1.82) is 5.26 Å². The van der Waals surface area contributed by atoms with Crippen molar-refractivity contribution in [1.82, 2.24) is 25.3 Å². The zero-order valence-electron chi connectivity index (χ0n) is 29.0. The Morgan fingerprint density at radius 2 is 1.80 bits per heavy atom. The van der Waals surface area contributed by atoms with Crippen LogP contribution in [0.4, 0.5) is 15.7 Å². The van der Waals surface area contributed by atoms with Gasteiger partial charge >= 0.3 is 12.1 Å². The number of alkyl carbamates (subject to hydrolysis) is 1. The van der Waals surface area contributed by atoms with Gasteiger partial charge in [-0.15, -0.1) is 22.7 Å². The predicted molar refractivity (Wildman–Crippen MR) is 201 cm³/mol. The first-order chi connectivity index (χ1) is 24.2. The number of imidazole rings is 1. The molecule has 5 heterocycles. The van der Waals surface area contributed by atoms with Gasteiger partial charge in [0, 0.05) is 28.3 Å². The third-order valence-electron chi connectivity index (χ3n) is 7.87. The smallest absolute Gasteiger partial charge is 0.407 e. The topological polar surface area (TPSA) is 181 Å². The number of carbonyl (C=O) groups excluding carboxylic acids is 2. The lowest BCUT2D eigenvalue weighted by Crippen LogP contribution is -2.28. The van der Waals surface area contributed by atoms with Crippen molar-refractivity contribution in [2.24, 2.45) is 0 Å². The van der Waals surface area contributed by atoms with Gasteiger partial charge in [-0.05, 0) is 62.6 Å². The Balaban J connectivity index is 0.989. The molecule has 6 rings (SSSR count). The summed E-state index contributed by atoms with van der Waals surface area (Å²) in [6, 6.07) is 14.0. The van der Waals surface area contributed by atoms with Gasteiger partial charge in [0.2, 0.25) is 11.8 Å². The number of nitrogens with one attached hydrogen (secondary N) is 2. The number of H-pyrrole nitrogens is 1. The summed E-state index contributed by atoms with van der Waals surface area (Å²) in [6.07, 6.45) is 7.16. The van der Waals surface area contributed by atoms with Crippen LogP contribution in [0.25, 0.3) is 27.0 Å². The van der Waals surface area contributed by atoms with E-state index in [1.54, 1.807) is 49.5 Å². The maximum absolute atomic E-state index is 12.5. The summed E-state index contributed by atoms with van der Waals surface area (Å²) in [7, 11) is 0.691. The minimum absolute atomic E-state index is 0.0179. The average molecular weight is 747 g/mol. The molecule has 5 aromatic rings. The SMILES string of the molecule is CN(CCOC(=O)NCc1ccc(COc2nc(N)nc3[nH]cnc23)cc1)c1cc2c(s1)-c1sc(/C=C(/C#N)C(=O)OC(C)(C)C)cc1S2(C)C. The molecule has 4 N–H and O–H groups in total. The Kier molecular flexibility index (Phi) is 9.98. The number of hydrogen-bond acceptors (Lipinski definition) is 13. The van der Waals surface area contributed by atoms with Crippen LogP contribution in [0, 0.1) is 11.3 Å². The van der Waals surface area contributed by atoms with Crippen molar-refractivity contribution in [2.45, 2.75) is 49.3 Å². The molecule has 0 saturated heterocycles. The number of nitrogens with zero attached hydrogens (tertiary/aromatic N) is 5. The summed E-state index contributed by atoms with van der Waals surface area (Å²) in [5.41, 5.74) is 7.89. The highest BCUT2D eigenvalue weighted by molar-refractivity contribution is 8.33. The van der Waals surface area contributed by atoms with Gasteiger partial charge in [-0.1, -0.05) is 24.3 Å². The molecule has 0 saturated carbocycles. The number of ether oxygens (including phenoxy) is 3. The fourth-order valence-corrected chi connectivity index (χ4v) is 11.4. The van der Waals surface area contributed by atoms with Gasteiger partial charge in [0.15, 0.2) is 11.2 Å². The van der Waals surface area contributed by atoms with Crippen LogP contribution in [0.5, 0.6) is 5.88 Å². The van der Waals surface area contributed by atoms with Crippen molar-refractivity contribution >= 4 is 73.0 Å². The fourth-order valence-electron chi connectivity index (χ4n) is 5.26. The van der Waals surface area contributed by atoms with Crippen molar-refractivity contribution in [3.8, 4) is 21.7 Å². The van der Waals surface area contributed by atoms with E-state index in [0.29, 0.717) is 30.1 Å². The van der Waals surface area contributed by atoms with Gasteiger partial charge in [0.25, 0.3) is 0 Å². The standard InChI is InChI=1S/C35H38N8O5S3/c1-35(2,3)48-32(44)22(16-36)13-23-14-24-28(49-23)29-25(51(24,5)6)15-26(50-29)43(4)11-12-46-34(45)38-17-20-7-9-21(10-8-20)18-47-31-27-30(40-19-39-27)41-33(37)42-31/h7-10,13-15,19H,11-12,17-18H2,1-6H3,(H,38,45)(H3,37,39,40,41,42)/b22-13-. The normalized spacial score (nSPS) is 13.9. The van der Waals surface area contributed by atoms with E-state index in [0.717, 1.165) is 21.0 Å². The Morgan fingerprint density at radius 1 is 1.10 bits per heavy atom. The number of thiophene rings is 2. The maximum atomic E-state index is 12.5. The number of aromatic amines is 1. The zero-order chi connectivity index (χ0) is 36.5. The average Bonchev–Trinajstić information content (AvgIpc) is 3.85. The molecule has 1 aliphatic heterocycles. The first-order valence-corrected chi connectivity index (χ1v) is 20.0. The molecule has 0 unspecified atom stereocenters. The number of amides is 1. The molecule has 13 nitrogen and oxygen atoms in total. The van der Waals surface area contributed by atoms with Crippen LogP contribution in [-0.4, -0.2) is 70.3 Å².